The van der Waals surface area contributed by atoms with Gasteiger partial charge < -0.3 is 10.2 Å². The highest BCUT2D eigenvalue weighted by atomic mass is 16.1. The number of anilines is 1. The predicted molar refractivity (Wildman–Crippen MR) is 108 cm³/mol. The van der Waals surface area contributed by atoms with Gasteiger partial charge in [0.2, 0.25) is 5.95 Å². The minimum Gasteiger partial charge on any atom is -0.351 e. The fourth-order valence-electron chi connectivity index (χ4n) is 3.23. The number of aromatic nitrogens is 2. The number of benzene rings is 1. The van der Waals surface area contributed by atoms with E-state index in [-0.39, 0.29) is 5.91 Å². The third-order valence-corrected chi connectivity index (χ3v) is 4.80. The Balaban J connectivity index is 1.59. The summed E-state index contributed by atoms with van der Waals surface area (Å²) in [6.07, 6.45) is 2.04. The van der Waals surface area contributed by atoms with Crippen molar-refractivity contribution in [1.29, 1.82) is 0 Å². The molecule has 0 bridgehead atoms. The second kappa shape index (κ2) is 9.46. The van der Waals surface area contributed by atoms with Crippen molar-refractivity contribution < 1.29 is 4.79 Å². The molecule has 1 aromatic heterocycles. The molecule has 0 radical (unpaired) electrons. The van der Waals surface area contributed by atoms with Crippen LogP contribution in [0.2, 0.25) is 0 Å². The van der Waals surface area contributed by atoms with E-state index in [2.05, 4.69) is 56.3 Å². The van der Waals surface area contributed by atoms with E-state index in [4.69, 9.17) is 0 Å². The molecule has 1 aliphatic heterocycles. The highest BCUT2D eigenvalue weighted by molar-refractivity contribution is 5.92. The maximum atomic E-state index is 12.3. The molecule has 2 heterocycles. The van der Waals surface area contributed by atoms with Crippen molar-refractivity contribution in [2.75, 3.05) is 37.6 Å². The average molecular weight is 367 g/mol. The lowest BCUT2D eigenvalue weighted by atomic mass is 10.2. The first-order valence-electron chi connectivity index (χ1n) is 9.81. The Kier molecular flexibility index (Phi) is 6.76. The Hall–Kier alpha value is -2.47. The normalized spacial score (nSPS) is 15.0. The number of piperazine rings is 1. The van der Waals surface area contributed by atoms with Crippen LogP contribution >= 0.6 is 0 Å². The maximum absolute atomic E-state index is 12.3. The summed E-state index contributed by atoms with van der Waals surface area (Å²) in [4.78, 5) is 26.0. The molecule has 27 heavy (non-hydrogen) atoms. The van der Waals surface area contributed by atoms with Gasteiger partial charge in [-0.2, -0.15) is 0 Å². The monoisotopic (exact) mass is 367 g/mol. The quantitative estimate of drug-likeness (QED) is 0.763. The van der Waals surface area contributed by atoms with Crippen molar-refractivity contribution in [3.05, 3.63) is 53.3 Å². The number of nitrogens with one attached hydrogen (secondary N) is 1. The minimum atomic E-state index is -0.113. The fraction of sp³-hybridized carbons (Fsp3) is 0.476. The number of amides is 1. The molecule has 1 fully saturated rings. The number of hydrogen-bond acceptors (Lipinski definition) is 5. The molecule has 6 heteroatoms. The summed E-state index contributed by atoms with van der Waals surface area (Å²) < 4.78 is 0. The van der Waals surface area contributed by atoms with Gasteiger partial charge in [-0.25, -0.2) is 9.97 Å². The SMILES string of the molecule is CCCCNC(=O)c1cc(C)nc(N2CCN(Cc3ccccc3)CC2)n1. The van der Waals surface area contributed by atoms with Crippen molar-refractivity contribution >= 4 is 11.9 Å². The summed E-state index contributed by atoms with van der Waals surface area (Å²) in [6, 6.07) is 12.3. The molecule has 1 N–H and O–H groups in total. The molecule has 1 aromatic carbocycles. The van der Waals surface area contributed by atoms with Gasteiger partial charge in [-0.1, -0.05) is 43.7 Å². The van der Waals surface area contributed by atoms with Crippen molar-refractivity contribution in [2.45, 2.75) is 33.2 Å². The molecule has 1 aliphatic rings. The molecule has 0 aliphatic carbocycles. The van der Waals surface area contributed by atoms with Gasteiger partial charge in [0.1, 0.15) is 5.69 Å². The average Bonchev–Trinajstić information content (AvgIpc) is 2.69. The van der Waals surface area contributed by atoms with Crippen molar-refractivity contribution in [3.63, 3.8) is 0 Å². The number of rotatable bonds is 7. The van der Waals surface area contributed by atoms with Crippen LogP contribution in [-0.2, 0) is 6.54 Å². The molecule has 0 saturated carbocycles. The topological polar surface area (TPSA) is 61.4 Å². The molecule has 144 valence electrons. The van der Waals surface area contributed by atoms with E-state index in [1.165, 1.54) is 5.56 Å². The lowest BCUT2D eigenvalue weighted by Gasteiger charge is -2.34. The maximum Gasteiger partial charge on any atom is 0.270 e. The van der Waals surface area contributed by atoms with Crippen LogP contribution in [0.4, 0.5) is 5.95 Å². The predicted octanol–water partition coefficient (Wildman–Crippen LogP) is 2.64. The zero-order chi connectivity index (χ0) is 19.1. The van der Waals surface area contributed by atoms with E-state index in [0.717, 1.165) is 51.3 Å². The molecule has 1 saturated heterocycles. The Bertz CT molecular complexity index is 741. The summed E-state index contributed by atoms with van der Waals surface area (Å²) in [5, 5.41) is 2.94. The standard InChI is InChI=1S/C21H29N5O/c1-3-4-10-22-20(27)19-15-17(2)23-21(24-19)26-13-11-25(12-14-26)16-18-8-6-5-7-9-18/h5-9,15H,3-4,10-14,16H2,1-2H3,(H,22,27). The summed E-state index contributed by atoms with van der Waals surface area (Å²) >= 11 is 0. The third kappa shape index (κ3) is 5.50. The Morgan fingerprint density at radius 1 is 1.11 bits per heavy atom. The van der Waals surface area contributed by atoms with E-state index in [1.54, 1.807) is 6.07 Å². The van der Waals surface area contributed by atoms with Gasteiger partial charge in [0.15, 0.2) is 0 Å². The summed E-state index contributed by atoms with van der Waals surface area (Å²) in [6.45, 7) is 9.34. The van der Waals surface area contributed by atoms with Gasteiger partial charge in [-0.05, 0) is 25.0 Å². The first-order chi connectivity index (χ1) is 13.2. The van der Waals surface area contributed by atoms with Gasteiger partial charge in [0.25, 0.3) is 5.91 Å². The lowest BCUT2D eigenvalue weighted by Crippen LogP contribution is -2.46. The summed E-state index contributed by atoms with van der Waals surface area (Å²) in [7, 11) is 0. The Labute approximate surface area is 161 Å². The molecule has 0 atom stereocenters. The number of nitrogens with zero attached hydrogens (tertiary/aromatic N) is 4. The van der Waals surface area contributed by atoms with Crippen molar-refractivity contribution in [2.24, 2.45) is 0 Å². The number of aryl methyl sites for hydroxylation is 1. The van der Waals surface area contributed by atoms with Crippen molar-refractivity contribution in [3.8, 4) is 0 Å². The molecule has 2 aromatic rings. The number of carbonyl (C=O) groups is 1. The van der Waals surface area contributed by atoms with Crippen LogP contribution in [0.3, 0.4) is 0 Å². The van der Waals surface area contributed by atoms with E-state index >= 15 is 0 Å². The number of hydrogen-bond donors (Lipinski definition) is 1. The van der Waals surface area contributed by atoms with E-state index < -0.39 is 0 Å². The first-order valence-corrected chi connectivity index (χ1v) is 9.81. The number of carbonyl (C=O) groups excluding carboxylic acids is 1. The van der Waals surface area contributed by atoms with Crippen LogP contribution in [0.1, 0.15) is 41.5 Å². The van der Waals surface area contributed by atoms with E-state index in [1.807, 2.05) is 13.0 Å². The lowest BCUT2D eigenvalue weighted by molar-refractivity contribution is 0.0948. The molecule has 6 nitrogen and oxygen atoms in total. The zero-order valence-electron chi connectivity index (χ0n) is 16.3. The van der Waals surface area contributed by atoms with Crippen LogP contribution < -0.4 is 10.2 Å². The Morgan fingerprint density at radius 2 is 1.85 bits per heavy atom. The summed E-state index contributed by atoms with van der Waals surface area (Å²) in [5.74, 6) is 0.549. The second-order valence-electron chi connectivity index (χ2n) is 7.05. The second-order valence-corrected chi connectivity index (χ2v) is 7.05. The Morgan fingerprint density at radius 3 is 2.56 bits per heavy atom. The van der Waals surface area contributed by atoms with Crippen molar-refractivity contribution in [1.82, 2.24) is 20.2 Å². The van der Waals surface area contributed by atoms with Crippen LogP contribution in [0.15, 0.2) is 36.4 Å². The molecule has 0 spiro atoms. The van der Waals surface area contributed by atoms with Gasteiger partial charge >= 0.3 is 0 Å². The van der Waals surface area contributed by atoms with E-state index in [0.29, 0.717) is 18.2 Å². The van der Waals surface area contributed by atoms with Gasteiger partial charge in [-0.3, -0.25) is 9.69 Å². The zero-order valence-corrected chi connectivity index (χ0v) is 16.3. The highest BCUT2D eigenvalue weighted by Gasteiger charge is 2.20. The van der Waals surface area contributed by atoms with Crippen LogP contribution in [0.25, 0.3) is 0 Å². The van der Waals surface area contributed by atoms with Gasteiger partial charge in [-0.15, -0.1) is 0 Å². The molecular formula is C21H29N5O. The first kappa shape index (κ1) is 19.3. The molecular weight excluding hydrogens is 338 g/mol. The minimum absolute atomic E-state index is 0.113. The van der Waals surface area contributed by atoms with Crippen LogP contribution in [0, 0.1) is 6.92 Å². The third-order valence-electron chi connectivity index (χ3n) is 4.80. The largest absolute Gasteiger partial charge is 0.351 e. The van der Waals surface area contributed by atoms with Crippen LogP contribution in [-0.4, -0.2) is 53.5 Å². The summed E-state index contributed by atoms with van der Waals surface area (Å²) in [5.41, 5.74) is 2.62. The molecule has 3 rings (SSSR count). The highest BCUT2D eigenvalue weighted by Crippen LogP contribution is 2.15. The smallest absolute Gasteiger partial charge is 0.270 e. The van der Waals surface area contributed by atoms with E-state index in [9.17, 15) is 4.79 Å². The fourth-order valence-corrected chi connectivity index (χ4v) is 3.23. The van der Waals surface area contributed by atoms with Gasteiger partial charge in [0.05, 0.1) is 0 Å². The number of unbranched alkanes of at least 4 members (excludes halogenated alkanes) is 1. The van der Waals surface area contributed by atoms with Gasteiger partial charge in [0, 0.05) is 45.0 Å². The molecule has 1 amide bonds. The molecule has 0 unspecified atom stereocenters. The van der Waals surface area contributed by atoms with Crippen LogP contribution in [0.5, 0.6) is 0 Å².